The summed E-state index contributed by atoms with van der Waals surface area (Å²) in [6, 6.07) is 17.4. The summed E-state index contributed by atoms with van der Waals surface area (Å²) in [6.45, 7) is 4.51. The maximum atomic E-state index is 10.4. The fourth-order valence-corrected chi connectivity index (χ4v) is 5.37. The van der Waals surface area contributed by atoms with Crippen LogP contribution in [0.4, 0.5) is 0 Å². The largest absolute Gasteiger partial charge is 0.469 e. The number of aromatic nitrogens is 1. The van der Waals surface area contributed by atoms with E-state index in [1.54, 1.807) is 6.26 Å². The third kappa shape index (κ3) is 4.91. The Hall–Kier alpha value is -2.86. The van der Waals surface area contributed by atoms with E-state index in [-0.39, 0.29) is 0 Å². The molecule has 3 nitrogen and oxygen atoms in total. The van der Waals surface area contributed by atoms with Crippen LogP contribution < -0.4 is 0 Å². The molecule has 0 fully saturated rings. The molecule has 1 aromatic carbocycles. The van der Waals surface area contributed by atoms with Gasteiger partial charge < -0.3 is 4.42 Å². The van der Waals surface area contributed by atoms with Gasteiger partial charge in [-0.15, -0.1) is 0 Å². The Bertz CT molecular complexity index is 1080. The SMILES string of the molecule is CCCCCc1nc2c(c(-c3ccccc3)c1CCCCC)CCC2(C#N)Cc1ccco1. The molecule has 1 aliphatic carbocycles. The fourth-order valence-electron chi connectivity index (χ4n) is 5.37. The zero-order valence-corrected chi connectivity index (χ0v) is 20.2. The molecule has 1 aliphatic rings. The average molecular weight is 441 g/mol. The molecule has 0 bridgehead atoms. The van der Waals surface area contributed by atoms with Gasteiger partial charge in [0.2, 0.25) is 0 Å². The van der Waals surface area contributed by atoms with Crippen LogP contribution in [0.15, 0.2) is 53.1 Å². The second-order valence-electron chi connectivity index (χ2n) is 9.47. The lowest BCUT2D eigenvalue weighted by atomic mass is 9.81. The normalized spacial score (nSPS) is 17.1. The number of fused-ring (bicyclic) bond motifs is 1. The molecule has 0 radical (unpaired) electrons. The van der Waals surface area contributed by atoms with Crippen molar-refractivity contribution >= 4 is 0 Å². The van der Waals surface area contributed by atoms with E-state index in [0.717, 1.165) is 43.6 Å². The van der Waals surface area contributed by atoms with Crippen molar-refractivity contribution in [1.82, 2.24) is 4.98 Å². The summed E-state index contributed by atoms with van der Waals surface area (Å²) in [6.07, 6.45) is 13.2. The number of pyridine rings is 1. The van der Waals surface area contributed by atoms with Crippen LogP contribution in [0.3, 0.4) is 0 Å². The van der Waals surface area contributed by atoms with Crippen LogP contribution in [0.1, 0.15) is 87.1 Å². The van der Waals surface area contributed by atoms with Crippen molar-refractivity contribution < 1.29 is 4.42 Å². The molecular weight excluding hydrogens is 404 g/mol. The number of hydrogen-bond donors (Lipinski definition) is 0. The lowest BCUT2D eigenvalue weighted by molar-refractivity contribution is 0.437. The molecule has 3 heteroatoms. The number of nitrogens with zero attached hydrogens (tertiary/aromatic N) is 2. The third-order valence-electron chi connectivity index (χ3n) is 7.12. The molecule has 33 heavy (non-hydrogen) atoms. The highest BCUT2D eigenvalue weighted by atomic mass is 16.3. The maximum Gasteiger partial charge on any atom is 0.107 e. The van der Waals surface area contributed by atoms with Crippen molar-refractivity contribution in [2.45, 2.75) is 89.9 Å². The number of aryl methyl sites for hydroxylation is 1. The van der Waals surface area contributed by atoms with Crippen LogP contribution in [-0.2, 0) is 31.1 Å². The minimum atomic E-state index is -0.613. The maximum absolute atomic E-state index is 10.4. The molecule has 1 atom stereocenters. The minimum absolute atomic E-state index is 0.592. The van der Waals surface area contributed by atoms with Crippen LogP contribution in [0.25, 0.3) is 11.1 Å². The zero-order chi connectivity index (χ0) is 23.1. The number of unbranched alkanes of at least 4 members (excludes halogenated alkanes) is 4. The van der Waals surface area contributed by atoms with Crippen LogP contribution in [0.5, 0.6) is 0 Å². The van der Waals surface area contributed by atoms with E-state index in [2.05, 4.69) is 50.2 Å². The molecule has 172 valence electrons. The van der Waals surface area contributed by atoms with Crippen LogP contribution in [0, 0.1) is 11.3 Å². The Morgan fingerprint density at radius 2 is 1.73 bits per heavy atom. The molecule has 3 aromatic rings. The zero-order valence-electron chi connectivity index (χ0n) is 20.2. The van der Waals surface area contributed by atoms with Gasteiger partial charge in [-0.05, 0) is 72.9 Å². The van der Waals surface area contributed by atoms with E-state index in [4.69, 9.17) is 9.40 Å². The first-order chi connectivity index (χ1) is 16.2. The van der Waals surface area contributed by atoms with E-state index in [0.29, 0.717) is 6.42 Å². The molecule has 0 amide bonds. The highest BCUT2D eigenvalue weighted by Gasteiger charge is 2.43. The Kier molecular flexibility index (Phi) is 7.65. The van der Waals surface area contributed by atoms with E-state index < -0.39 is 5.41 Å². The summed E-state index contributed by atoms with van der Waals surface area (Å²) in [4.78, 5) is 5.33. The Morgan fingerprint density at radius 1 is 0.970 bits per heavy atom. The molecular formula is C30H36N2O. The molecule has 0 aliphatic heterocycles. The number of hydrogen-bond acceptors (Lipinski definition) is 3. The fraction of sp³-hybridized carbons (Fsp3) is 0.467. The van der Waals surface area contributed by atoms with Gasteiger partial charge in [0.25, 0.3) is 0 Å². The number of furan rings is 1. The Balaban J connectivity index is 1.88. The topological polar surface area (TPSA) is 49.8 Å². The van der Waals surface area contributed by atoms with Crippen molar-refractivity contribution in [3.8, 4) is 17.2 Å². The van der Waals surface area contributed by atoms with Crippen molar-refractivity contribution in [2.75, 3.05) is 0 Å². The average Bonchev–Trinajstić information content (AvgIpc) is 3.48. The number of nitriles is 1. The predicted octanol–water partition coefficient (Wildman–Crippen LogP) is 7.76. The molecule has 0 N–H and O–H groups in total. The molecule has 0 saturated heterocycles. The van der Waals surface area contributed by atoms with Gasteiger partial charge in [0.05, 0.1) is 18.0 Å². The molecule has 0 saturated carbocycles. The van der Waals surface area contributed by atoms with E-state index in [9.17, 15) is 5.26 Å². The monoisotopic (exact) mass is 440 g/mol. The van der Waals surface area contributed by atoms with Gasteiger partial charge in [0.15, 0.2) is 0 Å². The second kappa shape index (κ2) is 10.8. The summed E-state index contributed by atoms with van der Waals surface area (Å²) >= 11 is 0. The van der Waals surface area contributed by atoms with Crippen molar-refractivity contribution in [2.24, 2.45) is 0 Å². The first kappa shape index (κ1) is 23.3. The van der Waals surface area contributed by atoms with Crippen molar-refractivity contribution in [3.63, 3.8) is 0 Å². The smallest absolute Gasteiger partial charge is 0.107 e. The third-order valence-corrected chi connectivity index (χ3v) is 7.12. The summed E-state index contributed by atoms with van der Waals surface area (Å²) in [7, 11) is 0. The lowest BCUT2D eigenvalue weighted by Gasteiger charge is -2.24. The Morgan fingerprint density at radius 3 is 2.39 bits per heavy atom. The second-order valence-corrected chi connectivity index (χ2v) is 9.47. The summed E-state index contributed by atoms with van der Waals surface area (Å²) in [5.41, 5.74) is 6.96. The highest BCUT2D eigenvalue weighted by molar-refractivity contribution is 5.74. The van der Waals surface area contributed by atoms with Crippen LogP contribution in [-0.4, -0.2) is 4.98 Å². The first-order valence-corrected chi connectivity index (χ1v) is 12.8. The lowest BCUT2D eigenvalue weighted by Crippen LogP contribution is -2.26. The van der Waals surface area contributed by atoms with Crippen molar-refractivity contribution in [1.29, 1.82) is 5.26 Å². The molecule has 4 rings (SSSR count). The van der Waals surface area contributed by atoms with Crippen LogP contribution >= 0.6 is 0 Å². The Labute approximate surface area is 198 Å². The van der Waals surface area contributed by atoms with Crippen LogP contribution in [0.2, 0.25) is 0 Å². The van der Waals surface area contributed by atoms with Gasteiger partial charge in [-0.25, -0.2) is 0 Å². The van der Waals surface area contributed by atoms with E-state index >= 15 is 0 Å². The van der Waals surface area contributed by atoms with Crippen molar-refractivity contribution in [3.05, 3.63) is 77.0 Å². The van der Waals surface area contributed by atoms with Gasteiger partial charge >= 0.3 is 0 Å². The molecule has 1 unspecified atom stereocenters. The highest BCUT2D eigenvalue weighted by Crippen LogP contribution is 2.46. The van der Waals surface area contributed by atoms with E-state index in [1.165, 1.54) is 60.1 Å². The molecule has 2 aromatic heterocycles. The standard InChI is InChI=1S/C30H36N2O/c1-3-5-8-16-25-27(17-9-6-4-2)32-29-26(28(25)23-13-10-7-11-14-23)18-19-30(29,22-31)21-24-15-12-20-33-24/h7,10-15,20H,3-6,8-9,16-19,21H2,1-2H3. The van der Waals surface area contributed by atoms with Gasteiger partial charge in [-0.2, -0.15) is 5.26 Å². The summed E-state index contributed by atoms with van der Waals surface area (Å²) in [5, 5.41) is 10.4. The predicted molar refractivity (Wildman–Crippen MR) is 134 cm³/mol. The van der Waals surface area contributed by atoms with Gasteiger partial charge in [0, 0.05) is 12.1 Å². The van der Waals surface area contributed by atoms with Gasteiger partial charge in [-0.1, -0.05) is 69.9 Å². The van der Waals surface area contributed by atoms with E-state index in [1.807, 2.05) is 12.1 Å². The number of rotatable bonds is 11. The number of benzene rings is 1. The van der Waals surface area contributed by atoms with Gasteiger partial charge in [0.1, 0.15) is 11.2 Å². The molecule has 0 spiro atoms. The quantitative estimate of drug-likeness (QED) is 0.286. The van der Waals surface area contributed by atoms with Gasteiger partial charge in [-0.3, -0.25) is 4.98 Å². The first-order valence-electron chi connectivity index (χ1n) is 12.8. The molecule has 2 heterocycles. The summed E-state index contributed by atoms with van der Waals surface area (Å²) in [5.74, 6) is 0.868. The minimum Gasteiger partial charge on any atom is -0.469 e. The summed E-state index contributed by atoms with van der Waals surface area (Å²) < 4.78 is 5.67.